The standard InChI is InChI=1S/C6H7NOS.H2O.H2/c7-9(8)6-4-2-1-3-5-6;;/h1-5H,7H2;1H2;1H. The minimum Gasteiger partial charge on any atom is -0.412 e. The molecule has 0 aromatic heterocycles. The molecule has 58 valence electrons. The van der Waals surface area contributed by atoms with E-state index in [2.05, 4.69) is 0 Å². The van der Waals surface area contributed by atoms with Crippen LogP contribution in [0.4, 0.5) is 0 Å². The average Bonchev–Trinajstić information content (AvgIpc) is 1.90. The van der Waals surface area contributed by atoms with Gasteiger partial charge in [-0.3, -0.25) is 0 Å². The first kappa shape index (κ1) is 9.29. The minimum absolute atomic E-state index is 0. The van der Waals surface area contributed by atoms with Crippen molar-refractivity contribution in [3.8, 4) is 0 Å². The van der Waals surface area contributed by atoms with E-state index in [1.54, 1.807) is 24.3 Å². The molecule has 0 saturated heterocycles. The summed E-state index contributed by atoms with van der Waals surface area (Å²) in [5.74, 6) is 0. The second kappa shape index (κ2) is 4.16. The Hall–Kier alpha value is -0.710. The minimum atomic E-state index is -1.33. The third kappa shape index (κ3) is 2.26. The maximum atomic E-state index is 10.5. The SMILES string of the molecule is NS(=O)c1ccccc1.O.[HH]. The number of nitrogens with two attached hydrogens (primary N) is 1. The van der Waals surface area contributed by atoms with Crippen molar-refractivity contribution in [3.05, 3.63) is 30.3 Å². The molecule has 1 aromatic carbocycles. The summed E-state index contributed by atoms with van der Waals surface area (Å²) < 4.78 is 10.5. The van der Waals surface area contributed by atoms with Gasteiger partial charge in [0.2, 0.25) is 0 Å². The second-order valence-electron chi connectivity index (χ2n) is 1.61. The van der Waals surface area contributed by atoms with E-state index in [1.165, 1.54) is 0 Å². The van der Waals surface area contributed by atoms with Crippen LogP contribution in [-0.2, 0) is 11.0 Å². The Morgan fingerprint density at radius 2 is 1.80 bits per heavy atom. The Morgan fingerprint density at radius 3 is 2.10 bits per heavy atom. The molecule has 1 aromatic rings. The third-order valence-electron chi connectivity index (χ3n) is 0.976. The highest BCUT2D eigenvalue weighted by molar-refractivity contribution is 7.82. The predicted molar refractivity (Wildman–Crippen MR) is 42.8 cm³/mol. The number of hydrogen-bond acceptors (Lipinski definition) is 1. The van der Waals surface area contributed by atoms with Crippen LogP contribution in [0.5, 0.6) is 0 Å². The van der Waals surface area contributed by atoms with Gasteiger partial charge >= 0.3 is 0 Å². The Labute approximate surface area is 63.2 Å². The molecule has 1 unspecified atom stereocenters. The van der Waals surface area contributed by atoms with Crippen molar-refractivity contribution < 1.29 is 11.1 Å². The number of rotatable bonds is 1. The summed E-state index contributed by atoms with van der Waals surface area (Å²) in [7, 11) is -1.33. The van der Waals surface area contributed by atoms with E-state index in [-0.39, 0.29) is 6.90 Å². The molecular weight excluding hydrogens is 150 g/mol. The summed E-state index contributed by atoms with van der Waals surface area (Å²) in [6.45, 7) is 0. The van der Waals surface area contributed by atoms with Gasteiger partial charge in [0.25, 0.3) is 0 Å². The molecule has 0 amide bonds. The molecule has 3 nitrogen and oxygen atoms in total. The summed E-state index contributed by atoms with van der Waals surface area (Å²) in [6, 6.07) is 8.93. The molecular formula is C6H11NO2S. The molecule has 0 fully saturated rings. The molecule has 0 aliphatic rings. The Kier molecular flexibility index (Phi) is 3.87. The van der Waals surface area contributed by atoms with Crippen molar-refractivity contribution in [2.24, 2.45) is 5.14 Å². The largest absolute Gasteiger partial charge is 0.412 e. The van der Waals surface area contributed by atoms with Crippen LogP contribution in [0, 0.1) is 0 Å². The van der Waals surface area contributed by atoms with Crippen LogP contribution in [0.3, 0.4) is 0 Å². The van der Waals surface area contributed by atoms with E-state index in [1.807, 2.05) is 6.07 Å². The van der Waals surface area contributed by atoms with Crippen molar-refractivity contribution in [1.29, 1.82) is 0 Å². The molecule has 0 saturated carbocycles. The summed E-state index contributed by atoms with van der Waals surface area (Å²) >= 11 is 0. The van der Waals surface area contributed by atoms with Gasteiger partial charge in [-0.15, -0.1) is 0 Å². The van der Waals surface area contributed by atoms with E-state index in [9.17, 15) is 4.21 Å². The molecule has 10 heavy (non-hydrogen) atoms. The summed E-state index contributed by atoms with van der Waals surface area (Å²) in [4.78, 5) is 0.664. The highest BCUT2D eigenvalue weighted by Crippen LogP contribution is 1.99. The maximum absolute atomic E-state index is 10.5. The van der Waals surface area contributed by atoms with Crippen LogP contribution < -0.4 is 5.14 Å². The van der Waals surface area contributed by atoms with Gasteiger partial charge in [0.15, 0.2) is 0 Å². The van der Waals surface area contributed by atoms with Crippen molar-refractivity contribution in [1.82, 2.24) is 0 Å². The predicted octanol–water partition coefficient (Wildman–Crippen LogP) is 0.0892. The van der Waals surface area contributed by atoms with Crippen LogP contribution in [0.25, 0.3) is 0 Å². The first-order valence-corrected chi connectivity index (χ1v) is 3.73. The van der Waals surface area contributed by atoms with Crippen molar-refractivity contribution in [2.45, 2.75) is 4.90 Å². The Bertz CT molecular complexity index is 217. The van der Waals surface area contributed by atoms with Crippen LogP contribution >= 0.6 is 0 Å². The maximum Gasteiger partial charge on any atom is 0.122 e. The third-order valence-corrected chi connectivity index (χ3v) is 1.71. The lowest BCUT2D eigenvalue weighted by Gasteiger charge is -1.90. The van der Waals surface area contributed by atoms with Gasteiger partial charge in [-0.1, -0.05) is 18.2 Å². The zero-order valence-corrected chi connectivity index (χ0v) is 6.10. The smallest absolute Gasteiger partial charge is 0.122 e. The molecule has 1 atom stereocenters. The molecule has 4 N–H and O–H groups in total. The van der Waals surface area contributed by atoms with E-state index in [4.69, 9.17) is 5.14 Å². The fourth-order valence-corrected chi connectivity index (χ4v) is 0.980. The molecule has 0 aliphatic heterocycles. The van der Waals surface area contributed by atoms with Gasteiger partial charge in [-0.2, -0.15) is 0 Å². The van der Waals surface area contributed by atoms with Gasteiger partial charge in [0.1, 0.15) is 11.0 Å². The lowest BCUT2D eigenvalue weighted by Crippen LogP contribution is -2.01. The van der Waals surface area contributed by atoms with Crippen LogP contribution in [-0.4, -0.2) is 9.69 Å². The number of hydrogen-bond donors (Lipinski definition) is 1. The molecule has 4 heteroatoms. The zero-order chi connectivity index (χ0) is 6.69. The van der Waals surface area contributed by atoms with Gasteiger partial charge < -0.3 is 5.48 Å². The molecule has 0 spiro atoms. The lowest BCUT2D eigenvalue weighted by atomic mass is 10.4. The van der Waals surface area contributed by atoms with Gasteiger partial charge in [0, 0.05) is 1.43 Å². The molecule has 0 radical (unpaired) electrons. The van der Waals surface area contributed by atoms with Crippen molar-refractivity contribution in [2.75, 3.05) is 0 Å². The fourth-order valence-electron chi connectivity index (χ4n) is 0.555. The second-order valence-corrected chi connectivity index (χ2v) is 2.68. The van der Waals surface area contributed by atoms with E-state index < -0.39 is 11.0 Å². The zero-order valence-electron chi connectivity index (χ0n) is 5.28. The van der Waals surface area contributed by atoms with E-state index >= 15 is 0 Å². The molecule has 0 aliphatic carbocycles. The quantitative estimate of drug-likeness (QED) is 0.622. The van der Waals surface area contributed by atoms with E-state index in [0.717, 1.165) is 0 Å². The van der Waals surface area contributed by atoms with Crippen LogP contribution in [0.1, 0.15) is 1.43 Å². The highest BCUT2D eigenvalue weighted by atomic mass is 32.2. The first-order valence-electron chi connectivity index (χ1n) is 2.52. The topological polar surface area (TPSA) is 74.6 Å². The summed E-state index contributed by atoms with van der Waals surface area (Å²) in [6.07, 6.45) is 0. The summed E-state index contributed by atoms with van der Waals surface area (Å²) in [5, 5.41) is 5.09. The van der Waals surface area contributed by atoms with E-state index in [0.29, 0.717) is 4.90 Å². The molecule has 0 bridgehead atoms. The van der Waals surface area contributed by atoms with Crippen molar-refractivity contribution >= 4 is 11.0 Å². The van der Waals surface area contributed by atoms with Gasteiger partial charge in [0.05, 0.1) is 4.90 Å². The first-order chi connectivity index (χ1) is 4.30. The fraction of sp³-hybridized carbons (Fsp3) is 0. The van der Waals surface area contributed by atoms with Gasteiger partial charge in [-0.05, 0) is 12.1 Å². The highest BCUT2D eigenvalue weighted by Gasteiger charge is 1.91. The van der Waals surface area contributed by atoms with Crippen LogP contribution in [0.2, 0.25) is 0 Å². The number of benzene rings is 1. The monoisotopic (exact) mass is 161 g/mol. The van der Waals surface area contributed by atoms with Crippen LogP contribution in [0.15, 0.2) is 35.2 Å². The normalized spacial score (nSPS) is 11.7. The molecule has 1 rings (SSSR count). The Morgan fingerprint density at radius 1 is 1.30 bits per heavy atom. The Balaban J connectivity index is 0. The lowest BCUT2D eigenvalue weighted by molar-refractivity contribution is 0.684. The summed E-state index contributed by atoms with van der Waals surface area (Å²) in [5.41, 5.74) is 0. The molecule has 0 heterocycles. The average molecular weight is 161 g/mol. The van der Waals surface area contributed by atoms with Crippen molar-refractivity contribution in [3.63, 3.8) is 0 Å². The van der Waals surface area contributed by atoms with Gasteiger partial charge in [-0.25, -0.2) is 9.35 Å².